The fraction of sp³-hybridized carbons (Fsp3) is 0.562. The minimum Gasteiger partial charge on any atom is -0.493 e. The molecular weight excluding hydrogens is 640 g/mol. The number of hydrogen-bond acceptors (Lipinski definition) is 14. The Labute approximate surface area is 275 Å². The second kappa shape index (κ2) is 15.7. The van der Waals surface area contributed by atoms with Gasteiger partial charge in [0.2, 0.25) is 12.6 Å². The predicted octanol–water partition coefficient (Wildman–Crippen LogP) is -0.697. The van der Waals surface area contributed by atoms with Gasteiger partial charge in [-0.05, 0) is 60.1 Å². The van der Waals surface area contributed by atoms with Crippen molar-refractivity contribution >= 4 is 11.9 Å². The third kappa shape index (κ3) is 8.10. The van der Waals surface area contributed by atoms with Gasteiger partial charge in [0.15, 0.2) is 35.2 Å². The lowest BCUT2D eigenvalue weighted by Crippen LogP contribution is -2.61. The molecule has 0 saturated carbocycles. The Morgan fingerprint density at radius 2 is 0.958 bits per heavy atom. The quantitative estimate of drug-likeness (QED) is 0.130. The third-order valence-electron chi connectivity index (χ3n) is 8.66. The Hall–Kier alpha value is -3.74. The van der Waals surface area contributed by atoms with Crippen molar-refractivity contribution in [3.05, 3.63) is 47.5 Å². The first-order valence-electron chi connectivity index (χ1n) is 15.2. The van der Waals surface area contributed by atoms with Crippen molar-refractivity contribution < 1.29 is 78.9 Å². The molecule has 2 saturated heterocycles. The van der Waals surface area contributed by atoms with Crippen LogP contribution in [-0.2, 0) is 31.9 Å². The Morgan fingerprint density at radius 3 is 1.27 bits per heavy atom. The van der Waals surface area contributed by atoms with Crippen LogP contribution in [0.4, 0.5) is 0 Å². The van der Waals surface area contributed by atoms with E-state index in [4.69, 9.17) is 28.4 Å². The van der Waals surface area contributed by atoms with Crippen LogP contribution < -0.4 is 18.9 Å². The van der Waals surface area contributed by atoms with E-state index in [2.05, 4.69) is 13.8 Å². The fourth-order valence-corrected chi connectivity index (χ4v) is 5.57. The van der Waals surface area contributed by atoms with Crippen LogP contribution >= 0.6 is 0 Å². The lowest BCUT2D eigenvalue weighted by molar-refractivity contribution is -0.271. The minimum absolute atomic E-state index is 0.128. The van der Waals surface area contributed by atoms with Crippen LogP contribution in [0.2, 0.25) is 0 Å². The molecule has 2 aromatic rings. The fourth-order valence-electron chi connectivity index (χ4n) is 5.57. The molecule has 8 N–H and O–H groups in total. The SMILES string of the molecule is COc1cc(C[C@@H](C)[C@@H](C)Cc2ccc(O[C@@H]3O[C@H](C(=O)O)[C@@H](O)[C@H](O)[C@H]3O)c(OC)c2)ccc1O[C@@H]1O[C@H](C(=O)O)[C@@H](O)[C@H](O)[C@H]1O. The van der Waals surface area contributed by atoms with Crippen molar-refractivity contribution in [1.82, 2.24) is 0 Å². The number of rotatable bonds is 13. The zero-order valence-corrected chi connectivity index (χ0v) is 26.7. The molecule has 16 heteroatoms. The van der Waals surface area contributed by atoms with Gasteiger partial charge in [-0.2, -0.15) is 0 Å². The summed E-state index contributed by atoms with van der Waals surface area (Å²) >= 11 is 0. The molecule has 48 heavy (non-hydrogen) atoms. The molecule has 16 nitrogen and oxygen atoms in total. The molecule has 12 atom stereocenters. The maximum absolute atomic E-state index is 11.4. The van der Waals surface area contributed by atoms with Crippen molar-refractivity contribution in [2.75, 3.05) is 14.2 Å². The van der Waals surface area contributed by atoms with Gasteiger partial charge in [-0.3, -0.25) is 0 Å². The first kappa shape index (κ1) is 37.1. The molecule has 0 aliphatic carbocycles. The monoisotopic (exact) mass is 682 g/mol. The van der Waals surface area contributed by atoms with Gasteiger partial charge >= 0.3 is 11.9 Å². The largest absolute Gasteiger partial charge is 0.493 e. The van der Waals surface area contributed by atoms with Gasteiger partial charge in [0.05, 0.1) is 14.2 Å². The number of benzene rings is 2. The van der Waals surface area contributed by atoms with E-state index in [0.29, 0.717) is 12.8 Å². The molecule has 0 amide bonds. The van der Waals surface area contributed by atoms with Crippen LogP contribution in [0, 0.1) is 11.8 Å². The van der Waals surface area contributed by atoms with Crippen molar-refractivity contribution in [3.63, 3.8) is 0 Å². The maximum Gasteiger partial charge on any atom is 0.335 e. The summed E-state index contributed by atoms with van der Waals surface area (Å²) < 4.78 is 32.6. The normalized spacial score (nSPS) is 31.7. The number of carboxylic acids is 2. The van der Waals surface area contributed by atoms with E-state index >= 15 is 0 Å². The average Bonchev–Trinajstić information content (AvgIpc) is 3.05. The molecule has 4 rings (SSSR count). The van der Waals surface area contributed by atoms with Crippen LogP contribution in [0.25, 0.3) is 0 Å². The first-order chi connectivity index (χ1) is 22.7. The highest BCUT2D eigenvalue weighted by Crippen LogP contribution is 2.35. The topological polar surface area (TPSA) is 251 Å². The van der Waals surface area contributed by atoms with Gasteiger partial charge in [0, 0.05) is 0 Å². The molecule has 266 valence electrons. The Kier molecular flexibility index (Phi) is 12.1. The van der Waals surface area contributed by atoms with Gasteiger partial charge in [-0.25, -0.2) is 9.59 Å². The highest BCUT2D eigenvalue weighted by Gasteiger charge is 2.49. The summed E-state index contributed by atoms with van der Waals surface area (Å²) in [6.45, 7) is 4.14. The Morgan fingerprint density at radius 1 is 0.604 bits per heavy atom. The Balaban J connectivity index is 1.39. The van der Waals surface area contributed by atoms with E-state index in [1.165, 1.54) is 14.2 Å². The number of hydrogen-bond donors (Lipinski definition) is 8. The Bertz CT molecular complexity index is 1310. The molecule has 0 bridgehead atoms. The van der Waals surface area contributed by atoms with Gasteiger partial charge in [-0.1, -0.05) is 26.0 Å². The van der Waals surface area contributed by atoms with Crippen molar-refractivity contribution in [2.24, 2.45) is 11.8 Å². The number of ether oxygens (including phenoxy) is 6. The number of aliphatic hydroxyl groups excluding tert-OH is 6. The summed E-state index contributed by atoms with van der Waals surface area (Å²) in [6.07, 6.45) is -16.3. The van der Waals surface area contributed by atoms with E-state index in [1.807, 2.05) is 0 Å². The van der Waals surface area contributed by atoms with Crippen molar-refractivity contribution in [2.45, 2.75) is 88.1 Å². The van der Waals surface area contributed by atoms with Crippen LogP contribution in [0.5, 0.6) is 23.0 Å². The minimum atomic E-state index is -1.85. The molecular formula is C32H42O16. The second-order valence-corrected chi connectivity index (χ2v) is 12.0. The standard InChI is InChI=1S/C32H42O16/c1-13(9-15-5-7-17(19(11-15)43-3)45-31-25(37)21(33)23(35)27(47-31)29(39)40)14(2)10-16-6-8-18(20(12-16)44-4)46-32-26(38)22(34)24(36)28(48-32)30(41)42/h5-8,11-14,21-28,31-38H,9-10H2,1-4H3,(H,39,40)(H,41,42)/t13-,14+,21-,22-,23-,24-,25+,26+,27-,28-,31+,32+/m0/s1. The maximum atomic E-state index is 11.4. The first-order valence-corrected chi connectivity index (χ1v) is 15.2. The van der Waals surface area contributed by atoms with Gasteiger partial charge < -0.3 is 69.3 Å². The van der Waals surface area contributed by atoms with E-state index < -0.39 is 73.4 Å². The summed E-state index contributed by atoms with van der Waals surface area (Å²) in [7, 11) is 2.82. The molecule has 2 heterocycles. The number of aliphatic carboxylic acids is 2. The summed E-state index contributed by atoms with van der Waals surface area (Å²) in [5, 5.41) is 79.2. The summed E-state index contributed by atoms with van der Waals surface area (Å²) in [6, 6.07) is 10.2. The molecule has 0 spiro atoms. The zero-order chi connectivity index (χ0) is 35.4. The average molecular weight is 683 g/mol. The van der Waals surface area contributed by atoms with Crippen LogP contribution in [0.3, 0.4) is 0 Å². The highest BCUT2D eigenvalue weighted by atomic mass is 16.7. The number of carbonyl (C=O) groups is 2. The smallest absolute Gasteiger partial charge is 0.335 e. The lowest BCUT2D eigenvalue weighted by Gasteiger charge is -2.38. The second-order valence-electron chi connectivity index (χ2n) is 12.0. The van der Waals surface area contributed by atoms with E-state index in [1.54, 1.807) is 36.4 Å². The van der Waals surface area contributed by atoms with Crippen LogP contribution in [0.15, 0.2) is 36.4 Å². The van der Waals surface area contributed by atoms with Crippen molar-refractivity contribution in [3.8, 4) is 23.0 Å². The summed E-state index contributed by atoms with van der Waals surface area (Å²) in [5.41, 5.74) is 1.78. The molecule has 0 radical (unpaired) electrons. The summed E-state index contributed by atoms with van der Waals surface area (Å²) in [4.78, 5) is 22.8. The van der Waals surface area contributed by atoms with E-state index in [-0.39, 0.29) is 34.8 Å². The van der Waals surface area contributed by atoms with Gasteiger partial charge in [0.25, 0.3) is 0 Å². The number of methoxy groups -OCH3 is 2. The molecule has 2 aliphatic rings. The number of aliphatic hydroxyl groups is 6. The molecule has 0 unspecified atom stereocenters. The number of carboxylic acid groups (broad SMARTS) is 2. The van der Waals surface area contributed by atoms with Crippen molar-refractivity contribution in [1.29, 1.82) is 0 Å². The molecule has 2 aromatic carbocycles. The van der Waals surface area contributed by atoms with Crippen LogP contribution in [0.1, 0.15) is 25.0 Å². The van der Waals surface area contributed by atoms with E-state index in [9.17, 15) is 50.4 Å². The zero-order valence-electron chi connectivity index (χ0n) is 26.7. The third-order valence-corrected chi connectivity index (χ3v) is 8.66. The molecule has 2 fully saturated rings. The van der Waals surface area contributed by atoms with E-state index in [0.717, 1.165) is 11.1 Å². The molecule has 2 aliphatic heterocycles. The van der Waals surface area contributed by atoms with Gasteiger partial charge in [0.1, 0.15) is 36.6 Å². The summed E-state index contributed by atoms with van der Waals surface area (Å²) in [5.74, 6) is -1.95. The predicted molar refractivity (Wildman–Crippen MR) is 162 cm³/mol. The molecule has 0 aromatic heterocycles. The van der Waals surface area contributed by atoms with Crippen LogP contribution in [-0.4, -0.2) is 128 Å². The highest BCUT2D eigenvalue weighted by molar-refractivity contribution is 5.74. The van der Waals surface area contributed by atoms with Gasteiger partial charge in [-0.15, -0.1) is 0 Å². The lowest BCUT2D eigenvalue weighted by atomic mass is 9.85.